The predicted molar refractivity (Wildman–Crippen MR) is 254 cm³/mol. The highest BCUT2D eigenvalue weighted by atomic mass is 35.5. The van der Waals surface area contributed by atoms with Crippen molar-refractivity contribution in [3.05, 3.63) is 178 Å². The summed E-state index contributed by atoms with van der Waals surface area (Å²) in [5, 5.41) is 5.93. The summed E-state index contributed by atoms with van der Waals surface area (Å²) >= 11 is 5.75. The summed E-state index contributed by atoms with van der Waals surface area (Å²) in [5.41, 5.74) is 19.8. The highest BCUT2D eigenvalue weighted by Crippen LogP contribution is 2.56. The number of benzene rings is 6. The number of para-hydroxylation sites is 2. The molecule has 0 spiro atoms. The fraction of sp³-hybridized carbons (Fsp3) is 0.321. The normalized spacial score (nSPS) is 14.2. The molecule has 2 fully saturated rings. The molecular weight excluding hydrogens is 731 g/mol. The summed E-state index contributed by atoms with van der Waals surface area (Å²) in [4.78, 5) is 0. The van der Waals surface area contributed by atoms with Crippen molar-refractivity contribution in [2.45, 2.75) is 110 Å². The van der Waals surface area contributed by atoms with Gasteiger partial charge in [0.2, 0.25) is 0 Å². The monoisotopic (exact) mass is 794 g/mol. The quantitative estimate of drug-likeness (QED) is 0.130. The van der Waals surface area contributed by atoms with Crippen molar-refractivity contribution in [2.75, 3.05) is 11.1 Å². The van der Waals surface area contributed by atoms with Crippen LogP contribution >= 0.6 is 19.5 Å². The molecule has 8 rings (SSSR count). The lowest BCUT2D eigenvalue weighted by Gasteiger charge is -2.39. The molecule has 0 radical (unpaired) electrons. The number of hydrogen-bond acceptors (Lipinski definition) is 2. The van der Waals surface area contributed by atoms with E-state index in [0.717, 1.165) is 33.4 Å². The molecule has 298 valence electrons. The number of hydrogen-bond donors (Lipinski definition) is 2. The van der Waals surface area contributed by atoms with E-state index in [2.05, 4.69) is 111 Å². The summed E-state index contributed by atoms with van der Waals surface area (Å²) in [6.45, 7) is 10.6. The second-order valence-corrected chi connectivity index (χ2v) is 19.1. The van der Waals surface area contributed by atoms with Crippen LogP contribution in [-0.2, 0) is 0 Å². The van der Waals surface area contributed by atoms with Crippen molar-refractivity contribution in [3.63, 3.8) is 0 Å². The largest absolute Gasteiger partial charge is 0.399 e. The molecule has 0 aromatic heterocycles. The fourth-order valence-electron chi connectivity index (χ4n) is 8.32. The van der Waals surface area contributed by atoms with Gasteiger partial charge in [-0.05, 0) is 164 Å². The van der Waals surface area contributed by atoms with Gasteiger partial charge in [-0.1, -0.05) is 155 Å². The summed E-state index contributed by atoms with van der Waals surface area (Å²) in [5.74, 6) is 0. The van der Waals surface area contributed by atoms with Crippen LogP contribution in [0.4, 0.5) is 17.1 Å². The van der Waals surface area contributed by atoms with Gasteiger partial charge >= 0.3 is 0 Å². The smallest absolute Gasteiger partial charge is 0.0411 e. The molecule has 6 aromatic rings. The third-order valence-corrected chi connectivity index (χ3v) is 14.6. The molecule has 0 amide bonds. The first kappa shape index (κ1) is 43.8. The van der Waals surface area contributed by atoms with E-state index in [0.29, 0.717) is 0 Å². The molecule has 0 bridgehead atoms. The Kier molecular flexibility index (Phi) is 17.8. The minimum Gasteiger partial charge on any atom is -0.399 e. The Hall–Kier alpha value is -4.36. The fourth-order valence-corrected chi connectivity index (χ4v) is 12.6. The van der Waals surface area contributed by atoms with Gasteiger partial charge in [0.1, 0.15) is 0 Å². The van der Waals surface area contributed by atoms with E-state index in [9.17, 15) is 0 Å². The number of nitrogen functional groups attached to an aromatic ring is 1. The average Bonchev–Trinajstić information content (AvgIpc) is 3.20. The number of nitrogens with two attached hydrogens (primary N) is 1. The number of anilines is 3. The molecule has 2 saturated carbocycles. The molecule has 0 heterocycles. The summed E-state index contributed by atoms with van der Waals surface area (Å²) in [6.07, 6.45) is 14.7. The van der Waals surface area contributed by atoms with Crippen molar-refractivity contribution in [3.8, 4) is 11.1 Å². The van der Waals surface area contributed by atoms with Crippen LogP contribution in [0.5, 0.6) is 0 Å². The van der Waals surface area contributed by atoms with Crippen LogP contribution in [0.15, 0.2) is 146 Å². The first-order valence-corrected chi connectivity index (χ1v) is 22.9. The third-order valence-electron chi connectivity index (χ3n) is 10.8. The van der Waals surface area contributed by atoms with Gasteiger partial charge in [0.05, 0.1) is 0 Å². The minimum absolute atomic E-state index is 0.0489. The Morgan fingerprint density at radius 1 is 0.474 bits per heavy atom. The van der Waals surface area contributed by atoms with Gasteiger partial charge in [-0.2, -0.15) is 0 Å². The van der Waals surface area contributed by atoms with Gasteiger partial charge in [0.15, 0.2) is 0 Å². The van der Waals surface area contributed by atoms with Gasteiger partial charge in [-0.3, -0.25) is 0 Å². The predicted octanol–water partition coefficient (Wildman–Crippen LogP) is 15.7. The molecule has 2 aliphatic carbocycles. The first-order chi connectivity index (χ1) is 27.7. The number of halogens is 1. The van der Waals surface area contributed by atoms with Crippen molar-refractivity contribution in [1.82, 2.24) is 0 Å². The van der Waals surface area contributed by atoms with E-state index in [1.165, 1.54) is 103 Å². The van der Waals surface area contributed by atoms with Crippen molar-refractivity contribution in [2.24, 2.45) is 0 Å². The molecular formula is C53H64ClN2P. The Labute approximate surface area is 351 Å². The van der Waals surface area contributed by atoms with Crippen molar-refractivity contribution < 1.29 is 0 Å². The third kappa shape index (κ3) is 14.5. The van der Waals surface area contributed by atoms with Gasteiger partial charge in [-0.25, -0.2) is 0 Å². The van der Waals surface area contributed by atoms with Crippen LogP contribution in [0.25, 0.3) is 11.1 Å². The van der Waals surface area contributed by atoms with E-state index in [1.54, 1.807) is 5.30 Å². The lowest BCUT2D eigenvalue weighted by atomic mass is 9.99. The van der Waals surface area contributed by atoms with Gasteiger partial charge in [0.25, 0.3) is 0 Å². The molecule has 2 aliphatic rings. The Morgan fingerprint density at radius 2 is 0.912 bits per heavy atom. The average molecular weight is 796 g/mol. The first-order valence-electron chi connectivity index (χ1n) is 21.0. The second-order valence-electron chi connectivity index (χ2n) is 15.9. The van der Waals surface area contributed by atoms with E-state index < -0.39 is 0 Å². The van der Waals surface area contributed by atoms with Gasteiger partial charge in [-0.15, -0.1) is 0 Å². The van der Waals surface area contributed by atoms with E-state index >= 15 is 0 Å². The van der Waals surface area contributed by atoms with Crippen LogP contribution in [0.2, 0.25) is 5.02 Å². The molecule has 0 saturated heterocycles. The minimum atomic E-state index is -0.0489. The Morgan fingerprint density at radius 3 is 1.39 bits per heavy atom. The van der Waals surface area contributed by atoms with Crippen LogP contribution in [0.1, 0.15) is 92.0 Å². The molecule has 2 nitrogen and oxygen atoms in total. The van der Waals surface area contributed by atoms with Crippen LogP contribution in [0.3, 0.4) is 0 Å². The summed E-state index contributed by atoms with van der Waals surface area (Å²) < 4.78 is 0. The highest BCUT2D eigenvalue weighted by molar-refractivity contribution is 7.67. The van der Waals surface area contributed by atoms with Gasteiger partial charge in [0, 0.05) is 22.1 Å². The molecule has 0 atom stereocenters. The second kappa shape index (κ2) is 23.1. The molecule has 0 unspecified atom stereocenters. The number of rotatable bonds is 6. The van der Waals surface area contributed by atoms with E-state index in [-0.39, 0.29) is 7.92 Å². The number of nitrogens with one attached hydrogen (secondary N) is 1. The summed E-state index contributed by atoms with van der Waals surface area (Å²) in [7, 11) is -0.0489. The zero-order valence-corrected chi connectivity index (χ0v) is 36.6. The summed E-state index contributed by atoms with van der Waals surface area (Å²) in [6, 6.07) is 50.6. The highest BCUT2D eigenvalue weighted by Gasteiger charge is 2.33. The Balaban J connectivity index is 0.000000167. The van der Waals surface area contributed by atoms with Crippen LogP contribution in [-0.4, -0.2) is 11.3 Å². The standard InChI is InChI=1S/C25H33P.C14H15N.C8H9Cl.C6H7N/c1-20-12-8-9-17-23(20)24-18-10-11-19-25(24)26(21-13-4-2-5-14-21)22-15-6-3-7-16-22;1-11-8-12(2)10-14(9-11)15-13-6-4-3-5-7-13;1-6-3-7(2)5-8(9)4-6;7-6-4-2-1-3-5-6/h8-12,17-19,21-22H,2-7,13-16H2,1H3;3-10,15H,1-2H3;3-5H,1-2H3;1-5H,7H2. The molecule has 0 aliphatic heterocycles. The topological polar surface area (TPSA) is 38.0 Å². The molecule has 6 aromatic carbocycles. The SMILES string of the molecule is Cc1cc(C)cc(Cl)c1.Cc1cc(C)cc(Nc2ccccc2)c1.Cc1ccccc1-c1ccccc1P(C1CCCCC1)C1CCCCC1.Nc1ccccc1. The lowest BCUT2D eigenvalue weighted by Crippen LogP contribution is -2.27. The van der Waals surface area contributed by atoms with Gasteiger partial charge < -0.3 is 11.1 Å². The zero-order valence-electron chi connectivity index (χ0n) is 35.0. The zero-order chi connectivity index (χ0) is 40.4. The maximum atomic E-state index is 5.75. The lowest BCUT2D eigenvalue weighted by molar-refractivity contribution is 0.487. The van der Waals surface area contributed by atoms with Crippen LogP contribution in [0, 0.1) is 34.6 Å². The molecule has 4 heteroatoms. The van der Waals surface area contributed by atoms with Crippen molar-refractivity contribution >= 4 is 41.9 Å². The maximum absolute atomic E-state index is 5.75. The van der Waals surface area contributed by atoms with Crippen molar-refractivity contribution in [1.29, 1.82) is 0 Å². The Bertz CT molecular complexity index is 1980. The maximum Gasteiger partial charge on any atom is 0.0411 e. The molecule has 3 N–H and O–H groups in total. The molecule has 57 heavy (non-hydrogen) atoms. The van der Waals surface area contributed by atoms with Crippen LogP contribution < -0.4 is 16.4 Å². The van der Waals surface area contributed by atoms with E-state index in [1.807, 2.05) is 74.5 Å². The van der Waals surface area contributed by atoms with E-state index in [4.69, 9.17) is 17.3 Å². The number of aryl methyl sites for hydroxylation is 5.